The lowest BCUT2D eigenvalue weighted by atomic mass is 10.2. The van der Waals surface area contributed by atoms with Gasteiger partial charge in [-0.2, -0.15) is 0 Å². The van der Waals surface area contributed by atoms with Crippen LogP contribution in [-0.2, 0) is 0 Å². The maximum Gasteiger partial charge on any atom is 0.208 e. The summed E-state index contributed by atoms with van der Waals surface area (Å²) in [5.74, 6) is 0.704. The first-order valence-electron chi connectivity index (χ1n) is 6.99. The second kappa shape index (κ2) is 6.59. The van der Waals surface area contributed by atoms with Crippen molar-refractivity contribution in [1.82, 2.24) is 25.1 Å². The molecular weight excluding hydrogens is 328 g/mol. The van der Waals surface area contributed by atoms with Crippen LogP contribution in [-0.4, -0.2) is 39.2 Å². The average molecular weight is 344 g/mol. The number of hydrogen-bond donors (Lipinski definition) is 0. The number of rotatable bonds is 4. The Morgan fingerprint density at radius 2 is 1.78 bits per heavy atom. The van der Waals surface area contributed by atoms with E-state index in [1.807, 2.05) is 45.0 Å². The van der Waals surface area contributed by atoms with Crippen LogP contribution >= 0.6 is 23.1 Å². The van der Waals surface area contributed by atoms with Crippen molar-refractivity contribution in [2.24, 2.45) is 0 Å². The molecule has 0 saturated heterocycles. The van der Waals surface area contributed by atoms with Gasteiger partial charge in [0.05, 0.1) is 0 Å². The summed E-state index contributed by atoms with van der Waals surface area (Å²) in [4.78, 5) is 15.3. The molecule has 0 aromatic carbocycles. The topological polar surface area (TPSA) is 67.7 Å². The molecule has 3 aromatic rings. The van der Waals surface area contributed by atoms with Gasteiger partial charge in [0.25, 0.3) is 0 Å². The van der Waals surface area contributed by atoms with Crippen molar-refractivity contribution < 1.29 is 0 Å². The molecule has 0 aliphatic heterocycles. The minimum Gasteiger partial charge on any atom is -0.353 e. The van der Waals surface area contributed by atoms with Crippen LogP contribution in [0.15, 0.2) is 33.9 Å². The first-order valence-corrected chi connectivity index (χ1v) is 8.62. The summed E-state index contributed by atoms with van der Waals surface area (Å²) < 4.78 is 0.871. The van der Waals surface area contributed by atoms with Gasteiger partial charge < -0.3 is 4.90 Å². The van der Waals surface area contributed by atoms with Crippen LogP contribution in [0.25, 0.3) is 11.4 Å². The normalized spacial score (nSPS) is 10.8. The molecule has 0 fully saturated rings. The van der Waals surface area contributed by atoms with Crippen LogP contribution in [0, 0.1) is 13.8 Å². The Kier molecular flexibility index (Phi) is 4.53. The maximum absolute atomic E-state index is 4.70. The van der Waals surface area contributed by atoms with E-state index in [9.17, 15) is 0 Å². The standard InChI is InChI=1S/C15H16N6S2/c1-9-10(2)17-12(11-5-7-16-8-6-11)18-13(9)22-15-20-19-14(23-15)21(3)4/h5-8H,1-4H3. The minimum absolute atomic E-state index is 0.704. The molecule has 6 nitrogen and oxygen atoms in total. The van der Waals surface area contributed by atoms with Gasteiger partial charge in [-0.05, 0) is 37.7 Å². The summed E-state index contributed by atoms with van der Waals surface area (Å²) in [6, 6.07) is 3.82. The fourth-order valence-corrected chi connectivity index (χ4v) is 3.65. The SMILES string of the molecule is Cc1nc(-c2ccncc2)nc(Sc2nnc(N(C)C)s2)c1C. The Hall–Kier alpha value is -2.06. The van der Waals surface area contributed by atoms with E-state index >= 15 is 0 Å². The molecule has 3 aromatic heterocycles. The van der Waals surface area contributed by atoms with Crippen molar-refractivity contribution in [2.75, 3.05) is 19.0 Å². The second-order valence-corrected chi connectivity index (χ2v) is 7.34. The van der Waals surface area contributed by atoms with Gasteiger partial charge in [-0.1, -0.05) is 11.3 Å². The molecule has 0 saturated carbocycles. The van der Waals surface area contributed by atoms with E-state index < -0.39 is 0 Å². The van der Waals surface area contributed by atoms with E-state index in [-0.39, 0.29) is 0 Å². The number of aryl methyl sites for hydroxylation is 1. The summed E-state index contributed by atoms with van der Waals surface area (Å²) in [6.07, 6.45) is 3.49. The lowest BCUT2D eigenvalue weighted by molar-refractivity contribution is 0.953. The van der Waals surface area contributed by atoms with E-state index in [4.69, 9.17) is 4.98 Å². The van der Waals surface area contributed by atoms with E-state index in [1.54, 1.807) is 23.7 Å². The number of anilines is 1. The van der Waals surface area contributed by atoms with Crippen molar-refractivity contribution >= 4 is 28.2 Å². The first kappa shape index (κ1) is 15.8. The lowest BCUT2D eigenvalue weighted by Gasteiger charge is -2.08. The Morgan fingerprint density at radius 3 is 2.43 bits per heavy atom. The summed E-state index contributed by atoms with van der Waals surface area (Å²) >= 11 is 3.08. The summed E-state index contributed by atoms with van der Waals surface area (Å²) in [5, 5.41) is 10.2. The molecule has 0 aliphatic rings. The summed E-state index contributed by atoms with van der Waals surface area (Å²) in [5.41, 5.74) is 2.98. The molecule has 0 atom stereocenters. The van der Waals surface area contributed by atoms with Crippen LogP contribution in [0.1, 0.15) is 11.3 Å². The van der Waals surface area contributed by atoms with Gasteiger partial charge in [0.15, 0.2) is 10.2 Å². The summed E-state index contributed by atoms with van der Waals surface area (Å²) in [7, 11) is 3.91. The van der Waals surface area contributed by atoms with Crippen molar-refractivity contribution in [3.63, 3.8) is 0 Å². The van der Waals surface area contributed by atoms with E-state index in [1.165, 1.54) is 11.8 Å². The fraction of sp³-hybridized carbons (Fsp3) is 0.267. The van der Waals surface area contributed by atoms with Crippen LogP contribution in [0.3, 0.4) is 0 Å². The molecule has 0 amide bonds. The Bertz CT molecular complexity index is 816. The van der Waals surface area contributed by atoms with Crippen LogP contribution in [0.5, 0.6) is 0 Å². The molecule has 0 spiro atoms. The Labute approximate surface area is 143 Å². The molecule has 0 bridgehead atoms. The van der Waals surface area contributed by atoms with Gasteiger partial charge in [0.1, 0.15) is 5.03 Å². The maximum atomic E-state index is 4.70. The van der Waals surface area contributed by atoms with Crippen molar-refractivity contribution in [1.29, 1.82) is 0 Å². The highest BCUT2D eigenvalue weighted by molar-refractivity contribution is 8.01. The van der Waals surface area contributed by atoms with Crippen molar-refractivity contribution in [2.45, 2.75) is 23.2 Å². The van der Waals surface area contributed by atoms with Crippen molar-refractivity contribution in [3.8, 4) is 11.4 Å². The van der Waals surface area contributed by atoms with Gasteiger partial charge in [0, 0.05) is 43.3 Å². The third-order valence-corrected chi connectivity index (χ3v) is 5.48. The minimum atomic E-state index is 0.704. The average Bonchev–Trinajstić information content (AvgIpc) is 3.01. The quantitative estimate of drug-likeness (QED) is 0.673. The largest absolute Gasteiger partial charge is 0.353 e. The molecular formula is C15H16N6S2. The van der Waals surface area contributed by atoms with E-state index in [2.05, 4.69) is 20.2 Å². The number of hydrogen-bond acceptors (Lipinski definition) is 8. The Morgan fingerprint density at radius 1 is 1.04 bits per heavy atom. The molecule has 118 valence electrons. The van der Waals surface area contributed by atoms with Gasteiger partial charge in [-0.25, -0.2) is 9.97 Å². The lowest BCUT2D eigenvalue weighted by Crippen LogP contribution is -2.07. The van der Waals surface area contributed by atoms with Crippen LogP contribution in [0.4, 0.5) is 5.13 Å². The monoisotopic (exact) mass is 344 g/mol. The number of nitrogens with zero attached hydrogens (tertiary/aromatic N) is 6. The fourth-order valence-electron chi connectivity index (χ4n) is 1.84. The molecule has 0 radical (unpaired) electrons. The molecule has 23 heavy (non-hydrogen) atoms. The smallest absolute Gasteiger partial charge is 0.208 e. The predicted molar refractivity (Wildman–Crippen MR) is 93.1 cm³/mol. The highest BCUT2D eigenvalue weighted by Gasteiger charge is 2.14. The first-order chi connectivity index (χ1) is 11.0. The van der Waals surface area contributed by atoms with E-state index in [0.717, 1.165) is 31.3 Å². The molecule has 0 N–H and O–H groups in total. The van der Waals surface area contributed by atoms with Gasteiger partial charge >= 0.3 is 0 Å². The van der Waals surface area contributed by atoms with Crippen molar-refractivity contribution in [3.05, 3.63) is 35.8 Å². The van der Waals surface area contributed by atoms with Gasteiger partial charge in [0.2, 0.25) is 5.13 Å². The van der Waals surface area contributed by atoms with Crippen LogP contribution in [0.2, 0.25) is 0 Å². The zero-order valence-electron chi connectivity index (χ0n) is 13.3. The highest BCUT2D eigenvalue weighted by Crippen LogP contribution is 2.34. The third kappa shape index (κ3) is 3.48. The summed E-state index contributed by atoms with van der Waals surface area (Å²) in [6.45, 7) is 4.03. The molecule has 3 heterocycles. The van der Waals surface area contributed by atoms with Crippen LogP contribution < -0.4 is 4.90 Å². The zero-order valence-corrected chi connectivity index (χ0v) is 14.9. The number of aromatic nitrogens is 5. The number of pyridine rings is 1. The predicted octanol–water partition coefficient (Wildman–Crippen LogP) is 3.22. The van der Waals surface area contributed by atoms with Gasteiger partial charge in [-0.15, -0.1) is 10.2 Å². The molecule has 3 rings (SSSR count). The molecule has 0 unspecified atom stereocenters. The zero-order chi connectivity index (χ0) is 16.4. The van der Waals surface area contributed by atoms with Gasteiger partial charge in [-0.3, -0.25) is 4.98 Å². The second-order valence-electron chi connectivity index (χ2n) is 5.15. The third-order valence-electron chi connectivity index (χ3n) is 3.25. The highest BCUT2D eigenvalue weighted by atomic mass is 32.2. The Balaban J connectivity index is 1.96. The molecule has 0 aliphatic carbocycles. The molecule has 8 heteroatoms. The van der Waals surface area contributed by atoms with E-state index in [0.29, 0.717) is 5.82 Å².